The maximum atomic E-state index is 11.3. The van der Waals surface area contributed by atoms with Crippen molar-refractivity contribution in [1.29, 1.82) is 0 Å². The van der Waals surface area contributed by atoms with Gasteiger partial charge in [0.1, 0.15) is 0 Å². The van der Waals surface area contributed by atoms with Crippen LogP contribution in [-0.2, 0) is 17.6 Å². The zero-order valence-corrected chi connectivity index (χ0v) is 12.8. The quantitative estimate of drug-likeness (QED) is 0.752. The third kappa shape index (κ3) is 2.50. The van der Waals surface area contributed by atoms with E-state index >= 15 is 0 Å². The number of aliphatic carboxylic acids is 1. The predicted molar refractivity (Wildman–Crippen MR) is 89.2 cm³/mol. The minimum atomic E-state index is -0.809. The van der Waals surface area contributed by atoms with Gasteiger partial charge in [-0.25, -0.2) is 0 Å². The molecule has 0 aliphatic heterocycles. The highest BCUT2D eigenvalue weighted by molar-refractivity contribution is 5.95. The first-order chi connectivity index (χ1) is 10.6. The Morgan fingerprint density at radius 1 is 1.18 bits per heavy atom. The lowest BCUT2D eigenvalue weighted by Crippen LogP contribution is -2.01. The van der Waals surface area contributed by atoms with Crippen LogP contribution in [0.4, 0.5) is 0 Å². The van der Waals surface area contributed by atoms with Crippen molar-refractivity contribution in [3.8, 4) is 11.3 Å². The Morgan fingerprint density at radius 3 is 2.64 bits per heavy atom. The molecule has 0 saturated heterocycles. The Morgan fingerprint density at radius 2 is 1.95 bits per heavy atom. The number of fused-ring (bicyclic) bond motifs is 1. The van der Waals surface area contributed by atoms with Crippen LogP contribution in [0, 0.1) is 6.92 Å². The summed E-state index contributed by atoms with van der Waals surface area (Å²) in [4.78, 5) is 14.8. The first-order valence-corrected chi connectivity index (χ1v) is 7.51. The highest BCUT2D eigenvalue weighted by atomic mass is 16.4. The van der Waals surface area contributed by atoms with Crippen molar-refractivity contribution in [2.45, 2.75) is 26.7 Å². The number of aromatic amines is 1. The van der Waals surface area contributed by atoms with E-state index in [1.807, 2.05) is 37.3 Å². The van der Waals surface area contributed by atoms with Crippen LogP contribution < -0.4 is 0 Å². The highest BCUT2D eigenvalue weighted by Gasteiger charge is 2.17. The number of para-hydroxylation sites is 1. The lowest BCUT2D eigenvalue weighted by molar-refractivity contribution is -0.136. The van der Waals surface area contributed by atoms with Crippen LogP contribution in [0.5, 0.6) is 0 Å². The minimum absolute atomic E-state index is 0.0242. The number of rotatable bonds is 4. The third-order valence-corrected chi connectivity index (χ3v) is 4.04. The monoisotopic (exact) mass is 293 g/mol. The summed E-state index contributed by atoms with van der Waals surface area (Å²) in [6.45, 7) is 4.15. The van der Waals surface area contributed by atoms with Gasteiger partial charge < -0.3 is 10.1 Å². The van der Waals surface area contributed by atoms with E-state index < -0.39 is 5.97 Å². The van der Waals surface area contributed by atoms with Crippen molar-refractivity contribution in [2.24, 2.45) is 0 Å². The number of carbonyl (C=O) groups is 1. The highest BCUT2D eigenvalue weighted by Crippen LogP contribution is 2.33. The van der Waals surface area contributed by atoms with Gasteiger partial charge in [0.25, 0.3) is 0 Å². The molecule has 0 radical (unpaired) electrons. The molecule has 0 saturated carbocycles. The average molecular weight is 293 g/mol. The van der Waals surface area contributed by atoms with Crippen LogP contribution >= 0.6 is 0 Å². The molecule has 112 valence electrons. The molecule has 0 spiro atoms. The Hall–Kier alpha value is -2.55. The molecule has 0 unspecified atom stereocenters. The number of aryl methyl sites for hydroxylation is 2. The van der Waals surface area contributed by atoms with Crippen LogP contribution in [0.3, 0.4) is 0 Å². The molecule has 1 aromatic heterocycles. The van der Waals surface area contributed by atoms with Gasteiger partial charge in [-0.1, -0.05) is 48.9 Å². The van der Waals surface area contributed by atoms with Crippen LogP contribution in [0.2, 0.25) is 0 Å². The predicted octanol–water partition coefficient (Wildman–Crippen LogP) is 4.33. The molecule has 0 aliphatic rings. The first-order valence-electron chi connectivity index (χ1n) is 7.51. The van der Waals surface area contributed by atoms with Gasteiger partial charge in [-0.05, 0) is 36.1 Å². The molecule has 3 nitrogen and oxygen atoms in total. The number of aromatic nitrogens is 1. The first kappa shape index (κ1) is 14.4. The van der Waals surface area contributed by atoms with Crippen molar-refractivity contribution >= 4 is 16.9 Å². The number of hydrogen-bond acceptors (Lipinski definition) is 1. The van der Waals surface area contributed by atoms with Gasteiger partial charge in [0.15, 0.2) is 0 Å². The third-order valence-electron chi connectivity index (χ3n) is 4.04. The molecule has 0 amide bonds. The largest absolute Gasteiger partial charge is 0.481 e. The fourth-order valence-corrected chi connectivity index (χ4v) is 3.01. The number of benzene rings is 2. The van der Waals surface area contributed by atoms with E-state index in [4.69, 9.17) is 0 Å². The topological polar surface area (TPSA) is 53.1 Å². The molecule has 0 bridgehead atoms. The number of H-pyrrole nitrogens is 1. The summed E-state index contributed by atoms with van der Waals surface area (Å²) < 4.78 is 0. The van der Waals surface area contributed by atoms with Gasteiger partial charge in [-0.2, -0.15) is 0 Å². The second-order valence-electron chi connectivity index (χ2n) is 5.61. The number of nitrogens with one attached hydrogen (secondary N) is 1. The summed E-state index contributed by atoms with van der Waals surface area (Å²) in [6.07, 6.45) is 0.939. The lowest BCUT2D eigenvalue weighted by atomic mass is 10.0. The van der Waals surface area contributed by atoms with Crippen molar-refractivity contribution in [3.05, 3.63) is 59.2 Å². The average Bonchev–Trinajstić information content (AvgIpc) is 2.85. The Balaban J connectivity index is 2.30. The van der Waals surface area contributed by atoms with E-state index in [1.54, 1.807) is 0 Å². The van der Waals surface area contributed by atoms with Gasteiger partial charge in [0, 0.05) is 10.9 Å². The van der Waals surface area contributed by atoms with Crippen LogP contribution in [0.1, 0.15) is 23.6 Å². The standard InChI is InChI=1S/C19H19NO2/c1-3-13-7-5-9-15-16(11-17(21)22)19(20-18(13)15)14-8-4-6-12(2)10-14/h4-10,20H,3,11H2,1-2H3,(H,21,22). The molecular weight excluding hydrogens is 274 g/mol. The SMILES string of the molecule is CCc1cccc2c(CC(=O)O)c(-c3cccc(C)c3)[nH]c12. The van der Waals surface area contributed by atoms with Gasteiger partial charge >= 0.3 is 5.97 Å². The van der Waals surface area contributed by atoms with Crippen molar-refractivity contribution in [3.63, 3.8) is 0 Å². The second kappa shape index (κ2) is 5.68. The van der Waals surface area contributed by atoms with E-state index in [-0.39, 0.29) is 6.42 Å². The molecule has 0 fully saturated rings. The van der Waals surface area contributed by atoms with Crippen LogP contribution in [-0.4, -0.2) is 16.1 Å². The van der Waals surface area contributed by atoms with Crippen LogP contribution in [0.25, 0.3) is 22.2 Å². The van der Waals surface area contributed by atoms with Crippen molar-refractivity contribution in [2.75, 3.05) is 0 Å². The van der Waals surface area contributed by atoms with Crippen LogP contribution in [0.15, 0.2) is 42.5 Å². The fourth-order valence-electron chi connectivity index (χ4n) is 3.01. The Labute approximate surface area is 129 Å². The van der Waals surface area contributed by atoms with E-state index in [1.165, 1.54) is 5.56 Å². The Kier molecular flexibility index (Phi) is 3.72. The Bertz CT molecular complexity index is 846. The maximum Gasteiger partial charge on any atom is 0.307 e. The normalized spacial score (nSPS) is 11.0. The number of carboxylic acid groups (broad SMARTS) is 1. The summed E-state index contributed by atoms with van der Waals surface area (Å²) in [5, 5.41) is 10.3. The second-order valence-corrected chi connectivity index (χ2v) is 5.61. The number of hydrogen-bond donors (Lipinski definition) is 2. The van der Waals surface area contributed by atoms with E-state index in [9.17, 15) is 9.90 Å². The van der Waals surface area contributed by atoms with E-state index in [0.717, 1.165) is 39.7 Å². The van der Waals surface area contributed by atoms with Gasteiger partial charge in [-0.3, -0.25) is 4.79 Å². The summed E-state index contributed by atoms with van der Waals surface area (Å²) in [6, 6.07) is 14.2. The molecule has 2 aromatic carbocycles. The summed E-state index contributed by atoms with van der Waals surface area (Å²) in [7, 11) is 0. The summed E-state index contributed by atoms with van der Waals surface area (Å²) >= 11 is 0. The molecule has 1 heterocycles. The molecule has 3 heteroatoms. The molecule has 3 aromatic rings. The molecular formula is C19H19NO2. The van der Waals surface area contributed by atoms with Gasteiger partial charge in [0.2, 0.25) is 0 Å². The van der Waals surface area contributed by atoms with Crippen molar-refractivity contribution in [1.82, 2.24) is 4.98 Å². The molecule has 0 atom stereocenters. The summed E-state index contributed by atoms with van der Waals surface area (Å²) in [5.41, 5.74) is 6.24. The van der Waals surface area contributed by atoms with Gasteiger partial charge in [0.05, 0.1) is 12.1 Å². The summed E-state index contributed by atoms with van der Waals surface area (Å²) in [5.74, 6) is -0.809. The molecule has 3 rings (SSSR count). The zero-order chi connectivity index (χ0) is 15.7. The molecule has 0 aliphatic carbocycles. The zero-order valence-electron chi connectivity index (χ0n) is 12.8. The smallest absolute Gasteiger partial charge is 0.307 e. The van der Waals surface area contributed by atoms with E-state index in [0.29, 0.717) is 0 Å². The van der Waals surface area contributed by atoms with Gasteiger partial charge in [-0.15, -0.1) is 0 Å². The molecule has 2 N–H and O–H groups in total. The lowest BCUT2D eigenvalue weighted by Gasteiger charge is -2.04. The molecule has 22 heavy (non-hydrogen) atoms. The van der Waals surface area contributed by atoms with Crippen molar-refractivity contribution < 1.29 is 9.90 Å². The minimum Gasteiger partial charge on any atom is -0.481 e. The fraction of sp³-hybridized carbons (Fsp3) is 0.211. The maximum absolute atomic E-state index is 11.3. The number of carboxylic acids is 1. The van der Waals surface area contributed by atoms with E-state index in [2.05, 4.69) is 24.0 Å².